The third-order valence-corrected chi connectivity index (χ3v) is 5.79. The Kier molecular flexibility index (Phi) is 5.39. The van der Waals surface area contributed by atoms with Crippen molar-refractivity contribution in [3.63, 3.8) is 0 Å². The number of rotatable bonds is 5. The highest BCUT2D eigenvalue weighted by Crippen LogP contribution is 2.41. The van der Waals surface area contributed by atoms with Gasteiger partial charge in [0.1, 0.15) is 0 Å². The van der Waals surface area contributed by atoms with Crippen molar-refractivity contribution in [2.24, 2.45) is 0 Å². The van der Waals surface area contributed by atoms with Gasteiger partial charge in [0.2, 0.25) is 0 Å². The van der Waals surface area contributed by atoms with Crippen LogP contribution < -0.4 is 5.73 Å². The van der Waals surface area contributed by atoms with Gasteiger partial charge in [-0.25, -0.2) is 9.50 Å². The predicted molar refractivity (Wildman–Crippen MR) is 121 cm³/mol. The molecule has 0 saturated heterocycles. The first-order valence-electron chi connectivity index (χ1n) is 10.4. The van der Waals surface area contributed by atoms with Gasteiger partial charge >= 0.3 is 5.97 Å². The molecule has 0 saturated carbocycles. The maximum absolute atomic E-state index is 12.5. The van der Waals surface area contributed by atoms with Crippen molar-refractivity contribution in [3.05, 3.63) is 46.8 Å². The number of aliphatic carboxylic acids is 1. The number of benzene rings is 1. The fourth-order valence-corrected chi connectivity index (χ4v) is 4.13. The number of aromatic nitrogens is 3. The number of nitrogens with two attached hydrogens (primary N) is 1. The summed E-state index contributed by atoms with van der Waals surface area (Å²) in [6.07, 6.45) is 1.22. The average molecular weight is 409 g/mol. The predicted octanol–water partition coefficient (Wildman–Crippen LogP) is 5.04. The number of carboxylic acids is 1. The molecule has 160 valence electrons. The number of hydrogen-bond acceptors (Lipinski definition) is 4. The molecule has 0 fully saturated rings. The van der Waals surface area contributed by atoms with Crippen molar-refractivity contribution in [1.29, 1.82) is 0 Å². The molecule has 3 N–H and O–H groups in total. The molecule has 3 aromatic rings. The van der Waals surface area contributed by atoms with Crippen molar-refractivity contribution in [2.45, 2.75) is 72.1 Å². The molecule has 30 heavy (non-hydrogen) atoms. The second kappa shape index (κ2) is 7.42. The van der Waals surface area contributed by atoms with Gasteiger partial charge < -0.3 is 10.8 Å². The first-order valence-corrected chi connectivity index (χ1v) is 10.4. The maximum Gasteiger partial charge on any atom is 0.313 e. The van der Waals surface area contributed by atoms with Crippen LogP contribution in [0.3, 0.4) is 0 Å². The highest BCUT2D eigenvalue weighted by molar-refractivity contribution is 5.88. The summed E-state index contributed by atoms with van der Waals surface area (Å²) >= 11 is 0. The Bertz CT molecular complexity index is 1120. The topological polar surface area (TPSA) is 93.5 Å². The molecule has 3 rings (SSSR count). The number of hydrogen-bond donors (Lipinski definition) is 2. The number of carboxylic acid groups (broad SMARTS) is 1. The lowest BCUT2D eigenvalue weighted by Crippen LogP contribution is -2.35. The van der Waals surface area contributed by atoms with Crippen LogP contribution in [0.25, 0.3) is 16.9 Å². The summed E-state index contributed by atoms with van der Waals surface area (Å²) in [5, 5.41) is 15.1. The maximum atomic E-state index is 12.5. The molecule has 0 amide bonds. The second-order valence-corrected chi connectivity index (χ2v) is 9.45. The fraction of sp³-hybridized carbons (Fsp3) is 0.458. The largest absolute Gasteiger partial charge is 0.481 e. The molecular formula is C24H32N4O2. The molecule has 0 aliphatic heterocycles. The number of nitrogen functional groups attached to an aromatic ring is 1. The molecule has 6 nitrogen and oxygen atoms in total. The SMILES string of the molecule is CCCC(C)(C(=O)O)c1c(C)nc2cc(C(C)(C)C)nn2c1-c1ccc(C)cc1N. The number of anilines is 1. The lowest BCUT2D eigenvalue weighted by atomic mass is 9.76. The average Bonchev–Trinajstić information content (AvgIpc) is 3.05. The first-order chi connectivity index (χ1) is 13.9. The first kappa shape index (κ1) is 21.8. The summed E-state index contributed by atoms with van der Waals surface area (Å²) in [4.78, 5) is 17.3. The normalized spacial score (nSPS) is 14.1. The van der Waals surface area contributed by atoms with Crippen molar-refractivity contribution in [2.75, 3.05) is 5.73 Å². The van der Waals surface area contributed by atoms with Crippen molar-refractivity contribution in [3.8, 4) is 11.3 Å². The summed E-state index contributed by atoms with van der Waals surface area (Å²) < 4.78 is 1.78. The smallest absolute Gasteiger partial charge is 0.313 e. The zero-order chi connectivity index (χ0) is 22.4. The molecule has 6 heteroatoms. The summed E-state index contributed by atoms with van der Waals surface area (Å²) in [5.41, 5.74) is 11.2. The summed E-state index contributed by atoms with van der Waals surface area (Å²) in [6, 6.07) is 7.83. The second-order valence-electron chi connectivity index (χ2n) is 9.45. The van der Waals surface area contributed by atoms with Crippen LogP contribution in [0, 0.1) is 13.8 Å². The lowest BCUT2D eigenvalue weighted by Gasteiger charge is -2.29. The van der Waals surface area contributed by atoms with Gasteiger partial charge in [0.25, 0.3) is 0 Å². The van der Waals surface area contributed by atoms with E-state index < -0.39 is 11.4 Å². The van der Waals surface area contributed by atoms with Gasteiger partial charge in [-0.05, 0) is 38.8 Å². The Morgan fingerprint density at radius 3 is 2.37 bits per heavy atom. The number of fused-ring (bicyclic) bond motifs is 1. The van der Waals surface area contributed by atoms with Crippen LogP contribution in [0.4, 0.5) is 5.69 Å². The van der Waals surface area contributed by atoms with E-state index in [1.54, 1.807) is 11.4 Å². The van der Waals surface area contributed by atoms with Gasteiger partial charge in [0, 0.05) is 34.0 Å². The Morgan fingerprint density at radius 1 is 1.17 bits per heavy atom. The monoisotopic (exact) mass is 408 g/mol. The van der Waals surface area contributed by atoms with E-state index in [0.717, 1.165) is 23.2 Å². The summed E-state index contributed by atoms with van der Waals surface area (Å²) in [6.45, 7) is 13.9. The van der Waals surface area contributed by atoms with E-state index in [1.807, 2.05) is 45.0 Å². The van der Waals surface area contributed by atoms with Gasteiger partial charge in [-0.1, -0.05) is 46.2 Å². The van der Waals surface area contributed by atoms with E-state index in [-0.39, 0.29) is 5.41 Å². The minimum Gasteiger partial charge on any atom is -0.481 e. The van der Waals surface area contributed by atoms with Gasteiger partial charge in [-0.3, -0.25) is 4.79 Å². The van der Waals surface area contributed by atoms with Crippen LogP contribution >= 0.6 is 0 Å². The third kappa shape index (κ3) is 3.55. The zero-order valence-electron chi connectivity index (χ0n) is 19.0. The van der Waals surface area contributed by atoms with Crippen LogP contribution in [-0.4, -0.2) is 25.7 Å². The fourth-order valence-electron chi connectivity index (χ4n) is 4.13. The molecular weight excluding hydrogens is 376 g/mol. The van der Waals surface area contributed by atoms with E-state index in [1.165, 1.54) is 0 Å². The van der Waals surface area contributed by atoms with Gasteiger partial charge in [0.05, 0.1) is 16.8 Å². The van der Waals surface area contributed by atoms with E-state index in [0.29, 0.717) is 34.7 Å². The molecule has 2 heterocycles. The number of aryl methyl sites for hydroxylation is 2. The Morgan fingerprint density at radius 2 is 1.83 bits per heavy atom. The van der Waals surface area contributed by atoms with Crippen LogP contribution in [0.1, 0.15) is 70.0 Å². The van der Waals surface area contributed by atoms with Crippen molar-refractivity contribution < 1.29 is 9.90 Å². The molecule has 1 unspecified atom stereocenters. The van der Waals surface area contributed by atoms with Crippen LogP contribution in [-0.2, 0) is 15.6 Å². The lowest BCUT2D eigenvalue weighted by molar-refractivity contribution is -0.143. The third-order valence-electron chi connectivity index (χ3n) is 5.79. The molecule has 1 atom stereocenters. The quantitative estimate of drug-likeness (QED) is 0.577. The molecule has 0 radical (unpaired) electrons. The van der Waals surface area contributed by atoms with Gasteiger partial charge in [0.15, 0.2) is 5.65 Å². The molecule has 2 aromatic heterocycles. The molecule has 0 aliphatic carbocycles. The molecule has 0 bridgehead atoms. The minimum atomic E-state index is -1.11. The molecule has 1 aromatic carbocycles. The van der Waals surface area contributed by atoms with Crippen LogP contribution in [0.5, 0.6) is 0 Å². The van der Waals surface area contributed by atoms with Gasteiger partial charge in [-0.15, -0.1) is 0 Å². The molecule has 0 aliphatic rings. The highest BCUT2D eigenvalue weighted by Gasteiger charge is 2.40. The zero-order valence-corrected chi connectivity index (χ0v) is 19.0. The number of carbonyl (C=O) groups is 1. The standard InChI is InChI=1S/C24H32N4O2/c1-8-11-24(7,22(29)30)20-15(3)26-19-13-18(23(4,5)6)27-28(19)21(20)16-10-9-14(2)12-17(16)25/h9-10,12-13H,8,11,25H2,1-7H3,(H,29,30). The summed E-state index contributed by atoms with van der Waals surface area (Å²) in [5.74, 6) is -0.872. The van der Waals surface area contributed by atoms with Crippen molar-refractivity contribution in [1.82, 2.24) is 14.6 Å². The van der Waals surface area contributed by atoms with E-state index >= 15 is 0 Å². The Hall–Kier alpha value is -2.89. The summed E-state index contributed by atoms with van der Waals surface area (Å²) in [7, 11) is 0. The van der Waals surface area contributed by atoms with E-state index in [4.69, 9.17) is 15.8 Å². The van der Waals surface area contributed by atoms with E-state index in [2.05, 4.69) is 20.8 Å². The van der Waals surface area contributed by atoms with Crippen molar-refractivity contribution >= 4 is 17.3 Å². The molecule has 0 spiro atoms. The minimum absolute atomic E-state index is 0.169. The highest BCUT2D eigenvalue weighted by atomic mass is 16.4. The van der Waals surface area contributed by atoms with Gasteiger partial charge in [-0.2, -0.15) is 5.10 Å². The number of nitrogens with zero attached hydrogens (tertiary/aromatic N) is 3. The van der Waals surface area contributed by atoms with Crippen LogP contribution in [0.2, 0.25) is 0 Å². The van der Waals surface area contributed by atoms with Crippen LogP contribution in [0.15, 0.2) is 24.3 Å². The Labute approximate surface area is 178 Å². The Balaban J connectivity index is 2.52. The van der Waals surface area contributed by atoms with E-state index in [9.17, 15) is 9.90 Å².